The Bertz CT molecular complexity index is 1220. The van der Waals surface area contributed by atoms with Crippen LogP contribution in [0.3, 0.4) is 0 Å². The third kappa shape index (κ3) is 4.99. The van der Waals surface area contributed by atoms with Crippen LogP contribution in [0.4, 0.5) is 15.3 Å². The predicted octanol–water partition coefficient (Wildman–Crippen LogP) is 7.12. The molecule has 4 rings (SSSR count). The highest BCUT2D eigenvalue weighted by molar-refractivity contribution is 9.10. The molecule has 1 aliphatic rings. The van der Waals surface area contributed by atoms with Crippen LogP contribution in [0.5, 0.6) is 0 Å². The van der Waals surface area contributed by atoms with Crippen LogP contribution in [-0.2, 0) is 10.2 Å². The van der Waals surface area contributed by atoms with Crippen molar-refractivity contribution >= 4 is 62.2 Å². The van der Waals surface area contributed by atoms with Gasteiger partial charge in [-0.2, -0.15) is 5.10 Å². The lowest BCUT2D eigenvalue weighted by Crippen LogP contribution is -2.41. The second-order valence-electron chi connectivity index (χ2n) is 7.81. The Morgan fingerprint density at radius 1 is 1.06 bits per heavy atom. The first-order valence-corrected chi connectivity index (χ1v) is 12.3. The number of nitrogens with zero attached hydrogens (tertiary/aromatic N) is 3. The molecule has 0 bridgehead atoms. The Morgan fingerprint density at radius 2 is 1.71 bits per heavy atom. The van der Waals surface area contributed by atoms with E-state index < -0.39 is 16.7 Å². The number of rotatable bonds is 3. The lowest BCUT2D eigenvalue weighted by Gasteiger charge is -2.28. The van der Waals surface area contributed by atoms with Crippen molar-refractivity contribution in [3.63, 3.8) is 0 Å². The Kier molecular flexibility index (Phi) is 7.30. The SMILES string of the molecule is COC(=O)SN(C(=O)N1CC(C)(c2ccccc2)C(c2ccc(Cl)cc2)=N1)c1ccc(Br)cc1. The standard InChI is InChI=1S/C25H21BrClN3O3S/c1-25(18-6-4-3-5-7-18)16-29(28-22(25)17-8-12-20(27)13-9-17)23(31)30(34-24(32)33-2)21-14-10-19(26)11-15-21/h3-15H,16H2,1-2H3. The average Bonchev–Trinajstić information content (AvgIpc) is 3.22. The number of hydrazone groups is 1. The summed E-state index contributed by atoms with van der Waals surface area (Å²) < 4.78 is 6.95. The number of halogens is 2. The van der Waals surface area contributed by atoms with Crippen LogP contribution in [0, 0.1) is 0 Å². The highest BCUT2D eigenvalue weighted by Crippen LogP contribution is 2.37. The largest absolute Gasteiger partial charge is 0.460 e. The number of carbonyl (C=O) groups excluding carboxylic acids is 2. The van der Waals surface area contributed by atoms with Gasteiger partial charge in [-0.05, 0) is 54.4 Å². The number of hydrogen-bond acceptors (Lipinski definition) is 5. The second-order valence-corrected chi connectivity index (χ2v) is 10.0. The van der Waals surface area contributed by atoms with Crippen molar-refractivity contribution < 1.29 is 14.3 Å². The fourth-order valence-corrected chi connectivity index (χ4v) is 4.78. The molecule has 1 unspecified atom stereocenters. The number of hydrogen-bond donors (Lipinski definition) is 0. The Balaban J connectivity index is 1.75. The topological polar surface area (TPSA) is 62.2 Å². The van der Waals surface area contributed by atoms with Crippen LogP contribution in [0.2, 0.25) is 5.02 Å². The minimum absolute atomic E-state index is 0.294. The summed E-state index contributed by atoms with van der Waals surface area (Å²) in [7, 11) is 1.28. The Morgan fingerprint density at radius 3 is 2.32 bits per heavy atom. The van der Waals surface area contributed by atoms with Crippen molar-refractivity contribution in [2.45, 2.75) is 12.3 Å². The van der Waals surface area contributed by atoms with Gasteiger partial charge in [0.05, 0.1) is 42.4 Å². The van der Waals surface area contributed by atoms with Gasteiger partial charge in [-0.3, -0.25) is 0 Å². The summed E-state index contributed by atoms with van der Waals surface area (Å²) >= 11 is 10.2. The van der Waals surface area contributed by atoms with E-state index in [9.17, 15) is 9.59 Å². The summed E-state index contributed by atoms with van der Waals surface area (Å²) in [4.78, 5) is 25.8. The van der Waals surface area contributed by atoms with Gasteiger partial charge in [0.1, 0.15) is 0 Å². The van der Waals surface area contributed by atoms with Gasteiger partial charge in [0.15, 0.2) is 0 Å². The maximum atomic E-state index is 13.7. The van der Waals surface area contributed by atoms with E-state index >= 15 is 0 Å². The molecular weight excluding hydrogens is 538 g/mol. The average molecular weight is 559 g/mol. The molecule has 0 saturated heterocycles. The fraction of sp³-hybridized carbons (Fsp3) is 0.160. The molecule has 34 heavy (non-hydrogen) atoms. The van der Waals surface area contributed by atoms with Gasteiger partial charge in [0.25, 0.3) is 0 Å². The molecule has 0 aliphatic carbocycles. The summed E-state index contributed by atoms with van der Waals surface area (Å²) in [6, 6.07) is 24.0. The zero-order valence-corrected chi connectivity index (χ0v) is 21.6. The first kappa shape index (κ1) is 24.3. The van der Waals surface area contributed by atoms with Crippen molar-refractivity contribution in [3.8, 4) is 0 Å². The van der Waals surface area contributed by atoms with Crippen LogP contribution in [0.1, 0.15) is 18.1 Å². The van der Waals surface area contributed by atoms with Crippen molar-refractivity contribution in [2.75, 3.05) is 18.0 Å². The van der Waals surface area contributed by atoms with Gasteiger partial charge in [0, 0.05) is 9.50 Å². The number of methoxy groups -OCH3 is 1. The van der Waals surface area contributed by atoms with Crippen LogP contribution in [-0.4, -0.2) is 35.7 Å². The highest BCUT2D eigenvalue weighted by Gasteiger charge is 2.44. The van der Waals surface area contributed by atoms with E-state index in [1.807, 2.05) is 42.5 Å². The molecule has 1 atom stereocenters. The molecule has 0 spiro atoms. The summed E-state index contributed by atoms with van der Waals surface area (Å²) in [5.74, 6) is 0. The normalized spacial score (nSPS) is 17.3. The van der Waals surface area contributed by atoms with Gasteiger partial charge < -0.3 is 4.74 Å². The summed E-state index contributed by atoms with van der Waals surface area (Å²) in [6.07, 6.45) is 0. The van der Waals surface area contributed by atoms with Crippen molar-refractivity contribution in [3.05, 3.63) is 99.5 Å². The zero-order valence-electron chi connectivity index (χ0n) is 18.4. The third-order valence-electron chi connectivity index (χ3n) is 5.53. The third-order valence-corrected chi connectivity index (χ3v) is 7.17. The van der Waals surface area contributed by atoms with Crippen molar-refractivity contribution in [1.29, 1.82) is 0 Å². The molecule has 1 aliphatic heterocycles. The van der Waals surface area contributed by atoms with Crippen LogP contribution < -0.4 is 4.31 Å². The lowest BCUT2D eigenvalue weighted by molar-refractivity contribution is 0.199. The molecule has 2 amide bonds. The van der Waals surface area contributed by atoms with Gasteiger partial charge in [-0.25, -0.2) is 18.9 Å². The van der Waals surface area contributed by atoms with E-state index in [1.165, 1.54) is 16.4 Å². The van der Waals surface area contributed by atoms with Gasteiger partial charge in [0.2, 0.25) is 0 Å². The number of anilines is 1. The number of carbonyl (C=O) groups is 2. The molecule has 0 saturated carbocycles. The van der Waals surface area contributed by atoms with E-state index in [2.05, 4.69) is 22.9 Å². The summed E-state index contributed by atoms with van der Waals surface area (Å²) in [5, 5.41) is 6.16. The molecule has 3 aromatic carbocycles. The first-order valence-electron chi connectivity index (χ1n) is 10.4. The lowest BCUT2D eigenvalue weighted by atomic mass is 9.76. The van der Waals surface area contributed by atoms with E-state index in [0.717, 1.165) is 21.3 Å². The summed E-state index contributed by atoms with van der Waals surface area (Å²) in [5.41, 5.74) is 2.57. The fourth-order valence-electron chi connectivity index (χ4n) is 3.76. The highest BCUT2D eigenvalue weighted by atomic mass is 79.9. The molecular formula is C25H21BrClN3O3S. The molecule has 174 valence electrons. The molecule has 0 aromatic heterocycles. The van der Waals surface area contributed by atoms with Crippen LogP contribution in [0.15, 0.2) is 88.4 Å². The van der Waals surface area contributed by atoms with Crippen molar-refractivity contribution in [1.82, 2.24) is 5.01 Å². The van der Waals surface area contributed by atoms with E-state index in [-0.39, 0.29) is 0 Å². The number of ether oxygens (including phenoxy) is 1. The van der Waals surface area contributed by atoms with E-state index in [0.29, 0.717) is 29.2 Å². The minimum atomic E-state index is -0.608. The summed E-state index contributed by atoms with van der Waals surface area (Å²) in [6.45, 7) is 2.35. The quantitative estimate of drug-likeness (QED) is 0.254. The molecule has 0 radical (unpaired) electrons. The molecule has 0 fully saturated rings. The van der Waals surface area contributed by atoms with Crippen LogP contribution in [0.25, 0.3) is 0 Å². The zero-order chi connectivity index (χ0) is 24.3. The monoisotopic (exact) mass is 557 g/mol. The van der Waals surface area contributed by atoms with Gasteiger partial charge in [-0.1, -0.05) is 70.0 Å². The molecule has 1 heterocycles. The number of urea groups is 1. The predicted molar refractivity (Wildman–Crippen MR) is 141 cm³/mol. The van der Waals surface area contributed by atoms with Crippen LogP contribution >= 0.6 is 39.5 Å². The first-order chi connectivity index (χ1) is 16.3. The Labute approximate surface area is 215 Å². The van der Waals surface area contributed by atoms with Gasteiger partial charge in [-0.15, -0.1) is 0 Å². The smallest absolute Gasteiger partial charge is 0.388 e. The van der Waals surface area contributed by atoms with E-state index in [1.54, 1.807) is 36.4 Å². The molecule has 9 heteroatoms. The second kappa shape index (κ2) is 10.2. The molecule has 0 N–H and O–H groups in total. The molecule has 3 aromatic rings. The van der Waals surface area contributed by atoms with Gasteiger partial charge >= 0.3 is 11.3 Å². The molecule has 6 nitrogen and oxygen atoms in total. The maximum absolute atomic E-state index is 13.7. The maximum Gasteiger partial charge on any atom is 0.388 e. The minimum Gasteiger partial charge on any atom is -0.460 e. The van der Waals surface area contributed by atoms with E-state index in [4.69, 9.17) is 21.4 Å². The number of benzene rings is 3. The number of amides is 2. The Hall–Kier alpha value is -2.81. The van der Waals surface area contributed by atoms with Crippen molar-refractivity contribution in [2.24, 2.45) is 5.10 Å².